The number of carbonyl (C=O) groups is 2. The summed E-state index contributed by atoms with van der Waals surface area (Å²) in [5.74, 6) is -0.0731. The third-order valence-electron chi connectivity index (χ3n) is 6.98. The molecule has 2 aliphatic rings. The highest BCUT2D eigenvalue weighted by Gasteiger charge is 2.63. The van der Waals surface area contributed by atoms with E-state index in [2.05, 4.69) is 44.4 Å². The van der Waals surface area contributed by atoms with Crippen molar-refractivity contribution in [2.75, 3.05) is 59.8 Å². The molecule has 208 valence electrons. The molecule has 1 saturated heterocycles. The summed E-state index contributed by atoms with van der Waals surface area (Å²) < 4.78 is 28.6. The molecule has 0 bridgehead atoms. The van der Waals surface area contributed by atoms with Gasteiger partial charge in [-0.1, -0.05) is 25.5 Å². The Hall–Kier alpha value is -1.72. The van der Waals surface area contributed by atoms with Gasteiger partial charge in [-0.2, -0.15) is 0 Å². The van der Waals surface area contributed by atoms with Crippen LogP contribution < -0.4 is 16.4 Å². The lowest BCUT2D eigenvalue weighted by atomic mass is 9.61. The van der Waals surface area contributed by atoms with Gasteiger partial charge in [0, 0.05) is 26.1 Å². The van der Waals surface area contributed by atoms with E-state index in [1.54, 1.807) is 7.11 Å². The van der Waals surface area contributed by atoms with Crippen molar-refractivity contribution in [3.63, 3.8) is 0 Å². The second kappa shape index (κ2) is 14.9. The number of carbonyl (C=O) groups excluding carboxylic acids is 2. The highest BCUT2D eigenvalue weighted by Crippen LogP contribution is 2.55. The predicted molar refractivity (Wildman–Crippen MR) is 137 cm³/mol. The molecular weight excluding hydrogens is 466 g/mol. The lowest BCUT2D eigenvalue weighted by molar-refractivity contribution is -0.133. The first kappa shape index (κ1) is 30.5. The van der Waals surface area contributed by atoms with Crippen LogP contribution in [0.1, 0.15) is 53.4 Å². The van der Waals surface area contributed by atoms with E-state index in [-0.39, 0.29) is 41.6 Å². The molecule has 36 heavy (non-hydrogen) atoms. The van der Waals surface area contributed by atoms with E-state index in [1.807, 2.05) is 0 Å². The van der Waals surface area contributed by atoms with Gasteiger partial charge in [0.2, 0.25) is 5.91 Å². The average molecular weight is 514 g/mol. The molecule has 1 heterocycles. The molecule has 0 aromatic rings. The summed E-state index contributed by atoms with van der Waals surface area (Å²) in [6, 6.07) is 0. The fourth-order valence-electron chi connectivity index (χ4n) is 5.16. The molecule has 0 aromatic carbocycles. The van der Waals surface area contributed by atoms with Gasteiger partial charge in [0.25, 0.3) is 0 Å². The van der Waals surface area contributed by atoms with Gasteiger partial charge < -0.3 is 40.1 Å². The summed E-state index contributed by atoms with van der Waals surface area (Å²) in [4.78, 5) is 23.5. The molecule has 1 spiro atoms. The Kier molecular flexibility index (Phi) is 12.6. The Balaban J connectivity index is 1.72. The van der Waals surface area contributed by atoms with Crippen LogP contribution in [0.15, 0.2) is 11.6 Å². The van der Waals surface area contributed by atoms with Gasteiger partial charge in [-0.05, 0) is 44.9 Å². The fourth-order valence-corrected chi connectivity index (χ4v) is 5.16. The monoisotopic (exact) mass is 513 g/mol. The summed E-state index contributed by atoms with van der Waals surface area (Å²) in [7, 11) is 1.70. The van der Waals surface area contributed by atoms with Crippen LogP contribution in [0, 0.1) is 11.3 Å². The van der Waals surface area contributed by atoms with Crippen molar-refractivity contribution in [3.8, 4) is 0 Å². The molecule has 0 radical (unpaired) electrons. The lowest BCUT2D eigenvalue weighted by Gasteiger charge is -2.48. The number of alkyl carbamates (subject to hydrolysis) is 1. The third kappa shape index (κ3) is 9.63. The molecule has 3 unspecified atom stereocenters. The van der Waals surface area contributed by atoms with Crippen molar-refractivity contribution in [2.24, 2.45) is 17.1 Å². The Morgan fingerprint density at radius 1 is 1.11 bits per heavy atom. The van der Waals surface area contributed by atoms with E-state index in [4.69, 9.17) is 29.4 Å². The third-order valence-corrected chi connectivity index (χ3v) is 6.98. The van der Waals surface area contributed by atoms with Gasteiger partial charge in [-0.3, -0.25) is 4.79 Å². The molecule has 2 fully saturated rings. The van der Waals surface area contributed by atoms with Gasteiger partial charge in [0.05, 0.1) is 45.2 Å². The Labute approximate surface area is 215 Å². The second-order valence-corrected chi connectivity index (χ2v) is 10.5. The normalized spacial score (nSPS) is 25.3. The largest absolute Gasteiger partial charge is 0.443 e. The minimum absolute atomic E-state index is 0.0320. The Bertz CT molecular complexity index is 720. The van der Waals surface area contributed by atoms with Gasteiger partial charge in [0.1, 0.15) is 12.2 Å². The van der Waals surface area contributed by atoms with Crippen LogP contribution in [0.3, 0.4) is 0 Å². The van der Waals surface area contributed by atoms with Crippen LogP contribution >= 0.6 is 0 Å². The molecular formula is C26H47N3O7. The van der Waals surface area contributed by atoms with Crippen LogP contribution in [0.4, 0.5) is 4.79 Å². The lowest BCUT2D eigenvalue weighted by Crippen LogP contribution is -2.55. The van der Waals surface area contributed by atoms with E-state index < -0.39 is 6.09 Å². The fraction of sp³-hybridized carbons (Fsp3) is 0.846. The number of nitrogens with one attached hydrogen (secondary N) is 2. The minimum atomic E-state index is -0.466. The zero-order chi connectivity index (χ0) is 26.6. The molecule has 1 saturated carbocycles. The van der Waals surface area contributed by atoms with Gasteiger partial charge in [0.15, 0.2) is 0 Å². The van der Waals surface area contributed by atoms with Gasteiger partial charge in [-0.25, -0.2) is 4.79 Å². The maximum Gasteiger partial charge on any atom is 0.407 e. The SMILES string of the molecule is COC1C(OC(=O)NCCOCCOCCNC(=O)CN)CC[C@]2(CO2)C1C(C)(C)CCC=C(C)C. The zero-order valence-electron chi connectivity index (χ0n) is 22.7. The zero-order valence-corrected chi connectivity index (χ0v) is 22.7. The molecule has 2 rings (SSSR count). The van der Waals surface area contributed by atoms with Crippen molar-refractivity contribution in [3.05, 3.63) is 11.6 Å². The number of methoxy groups -OCH3 is 1. The van der Waals surface area contributed by atoms with Gasteiger partial charge in [-0.15, -0.1) is 0 Å². The number of epoxide rings is 1. The van der Waals surface area contributed by atoms with E-state index in [0.717, 1.165) is 25.9 Å². The maximum atomic E-state index is 12.5. The Morgan fingerprint density at radius 3 is 2.31 bits per heavy atom. The first-order valence-electron chi connectivity index (χ1n) is 13.0. The highest BCUT2D eigenvalue weighted by molar-refractivity contribution is 5.77. The number of hydrogen-bond donors (Lipinski definition) is 3. The molecule has 2 amide bonds. The van der Waals surface area contributed by atoms with Crippen molar-refractivity contribution in [1.82, 2.24) is 10.6 Å². The number of hydrogen-bond acceptors (Lipinski definition) is 8. The summed E-state index contributed by atoms with van der Waals surface area (Å²) in [5, 5.41) is 5.38. The number of nitrogens with two attached hydrogens (primary N) is 1. The van der Waals surface area contributed by atoms with Crippen LogP contribution in [0.5, 0.6) is 0 Å². The first-order valence-corrected chi connectivity index (χ1v) is 13.0. The van der Waals surface area contributed by atoms with Crippen molar-refractivity contribution in [1.29, 1.82) is 0 Å². The van der Waals surface area contributed by atoms with Crippen LogP contribution in [0.2, 0.25) is 0 Å². The molecule has 4 N–H and O–H groups in total. The van der Waals surface area contributed by atoms with E-state index in [1.165, 1.54) is 5.57 Å². The summed E-state index contributed by atoms with van der Waals surface area (Å²) >= 11 is 0. The average Bonchev–Trinajstić information content (AvgIpc) is 3.59. The minimum Gasteiger partial charge on any atom is -0.443 e. The first-order chi connectivity index (χ1) is 17.1. The quantitative estimate of drug-likeness (QED) is 0.162. The molecule has 4 atom stereocenters. The standard InChI is InChI=1S/C26H47N3O7/c1-19(2)7-6-9-25(3,4)23-22(32-5)20(8-10-26(23)18-35-26)36-24(31)29-12-14-34-16-15-33-13-11-28-21(30)17-27/h7,20,22-23H,6,8-18,27H2,1-5H3,(H,28,30)(H,29,31)/t20?,22?,23?,26-/m0/s1. The van der Waals surface area contributed by atoms with Crippen molar-refractivity contribution >= 4 is 12.0 Å². The van der Waals surface area contributed by atoms with Gasteiger partial charge >= 0.3 is 6.09 Å². The summed E-state index contributed by atoms with van der Waals surface area (Å²) in [6.45, 7) is 11.8. The van der Waals surface area contributed by atoms with Crippen LogP contribution in [-0.4, -0.2) is 89.6 Å². The van der Waals surface area contributed by atoms with Crippen LogP contribution in [0.25, 0.3) is 0 Å². The topological polar surface area (TPSA) is 134 Å². The second-order valence-electron chi connectivity index (χ2n) is 10.5. The van der Waals surface area contributed by atoms with Crippen LogP contribution in [-0.2, 0) is 28.5 Å². The molecule has 10 nitrogen and oxygen atoms in total. The number of amides is 2. The highest BCUT2D eigenvalue weighted by atomic mass is 16.6. The summed E-state index contributed by atoms with van der Waals surface area (Å²) in [6.07, 6.45) is 4.84. The number of rotatable bonds is 16. The van der Waals surface area contributed by atoms with E-state index in [0.29, 0.717) is 45.9 Å². The number of ether oxygens (including phenoxy) is 5. The number of allylic oxidation sites excluding steroid dienone is 2. The smallest absolute Gasteiger partial charge is 0.407 e. The molecule has 1 aliphatic carbocycles. The Morgan fingerprint density at radius 2 is 1.75 bits per heavy atom. The van der Waals surface area contributed by atoms with E-state index in [9.17, 15) is 9.59 Å². The maximum absolute atomic E-state index is 12.5. The van der Waals surface area contributed by atoms with E-state index >= 15 is 0 Å². The van der Waals surface area contributed by atoms with Crippen molar-refractivity contribution in [2.45, 2.75) is 71.2 Å². The molecule has 1 aliphatic heterocycles. The summed E-state index contributed by atoms with van der Waals surface area (Å²) in [5.41, 5.74) is 6.32. The van der Waals surface area contributed by atoms with Crippen molar-refractivity contribution < 1.29 is 33.3 Å². The molecule has 0 aromatic heterocycles. The predicted octanol–water partition coefficient (Wildman–Crippen LogP) is 2.16. The molecule has 10 heteroatoms.